The molecule has 1 amide bonds. The number of nitrogens with one attached hydrogen (secondary N) is 2. The Bertz CT molecular complexity index is 549. The van der Waals surface area contributed by atoms with E-state index in [9.17, 15) is 18.0 Å². The molecule has 0 unspecified atom stereocenters. The van der Waals surface area contributed by atoms with Crippen molar-refractivity contribution in [1.29, 1.82) is 0 Å². The van der Waals surface area contributed by atoms with Crippen LogP contribution in [0.5, 0.6) is 0 Å². The van der Waals surface area contributed by atoms with Gasteiger partial charge in [0.05, 0.1) is 12.1 Å². The summed E-state index contributed by atoms with van der Waals surface area (Å²) in [4.78, 5) is 11.9. The van der Waals surface area contributed by atoms with Crippen molar-refractivity contribution in [2.45, 2.75) is 51.7 Å². The summed E-state index contributed by atoms with van der Waals surface area (Å²) in [6.07, 6.45) is -0.245. The van der Waals surface area contributed by atoms with Gasteiger partial charge in [0.25, 0.3) is 0 Å². The molecule has 3 nitrogen and oxygen atoms in total. The molecule has 0 saturated heterocycles. The third kappa shape index (κ3) is 5.15. The summed E-state index contributed by atoms with van der Waals surface area (Å²) >= 11 is 0. The number of halogens is 3. The first-order chi connectivity index (χ1) is 10.8. The summed E-state index contributed by atoms with van der Waals surface area (Å²) in [5, 5.41) is 5.71. The van der Waals surface area contributed by atoms with Crippen LogP contribution in [-0.4, -0.2) is 18.5 Å². The number of rotatable bonds is 4. The molecule has 1 fully saturated rings. The highest BCUT2D eigenvalue weighted by Crippen LogP contribution is 2.33. The van der Waals surface area contributed by atoms with Gasteiger partial charge in [0.1, 0.15) is 0 Å². The van der Waals surface area contributed by atoms with Gasteiger partial charge in [0.2, 0.25) is 5.91 Å². The number of aryl methyl sites for hydroxylation is 1. The smallest absolute Gasteiger partial charge is 0.376 e. The molecule has 6 heteroatoms. The van der Waals surface area contributed by atoms with Crippen LogP contribution in [-0.2, 0) is 11.0 Å². The fraction of sp³-hybridized carbons (Fsp3) is 0.588. The van der Waals surface area contributed by atoms with E-state index in [1.54, 1.807) is 6.07 Å². The van der Waals surface area contributed by atoms with Crippen molar-refractivity contribution >= 4 is 11.6 Å². The molecule has 0 bridgehead atoms. The van der Waals surface area contributed by atoms with Gasteiger partial charge in [-0.05, 0) is 56.2 Å². The molecular formula is C17H23F3N2O. The van der Waals surface area contributed by atoms with E-state index in [1.807, 2.05) is 0 Å². The van der Waals surface area contributed by atoms with Crippen LogP contribution in [0.15, 0.2) is 18.2 Å². The molecule has 1 saturated carbocycles. The largest absolute Gasteiger partial charge is 0.416 e. The molecule has 1 aliphatic rings. The monoisotopic (exact) mass is 328 g/mol. The molecule has 23 heavy (non-hydrogen) atoms. The van der Waals surface area contributed by atoms with E-state index >= 15 is 0 Å². The van der Waals surface area contributed by atoms with Crippen LogP contribution in [0.3, 0.4) is 0 Å². The Labute approximate surface area is 134 Å². The van der Waals surface area contributed by atoms with Crippen molar-refractivity contribution in [2.75, 3.05) is 11.9 Å². The molecular weight excluding hydrogens is 305 g/mol. The van der Waals surface area contributed by atoms with Crippen LogP contribution in [0.2, 0.25) is 0 Å². The molecule has 0 radical (unpaired) electrons. The van der Waals surface area contributed by atoms with E-state index in [2.05, 4.69) is 17.6 Å². The summed E-state index contributed by atoms with van der Waals surface area (Å²) in [6.45, 7) is 3.60. The first-order valence-electron chi connectivity index (χ1n) is 7.97. The summed E-state index contributed by atoms with van der Waals surface area (Å²) in [6, 6.07) is 4.20. The van der Waals surface area contributed by atoms with Gasteiger partial charge in [0, 0.05) is 11.7 Å². The fourth-order valence-corrected chi connectivity index (χ4v) is 2.90. The number of benzene rings is 1. The second kappa shape index (κ2) is 7.23. The quantitative estimate of drug-likeness (QED) is 0.873. The summed E-state index contributed by atoms with van der Waals surface area (Å²) in [5.74, 6) is 0.522. The molecule has 0 aliphatic heterocycles. The maximum absolute atomic E-state index is 12.9. The Hall–Kier alpha value is -1.72. The van der Waals surface area contributed by atoms with Crippen LogP contribution in [0.25, 0.3) is 0 Å². The zero-order valence-corrected chi connectivity index (χ0v) is 13.5. The number of amides is 1. The minimum atomic E-state index is -4.39. The zero-order chi connectivity index (χ0) is 17.0. The van der Waals surface area contributed by atoms with Gasteiger partial charge in [-0.2, -0.15) is 13.2 Å². The minimum Gasteiger partial charge on any atom is -0.376 e. The van der Waals surface area contributed by atoms with Gasteiger partial charge in [0.15, 0.2) is 0 Å². The van der Waals surface area contributed by atoms with Crippen LogP contribution in [0, 0.1) is 12.8 Å². The maximum atomic E-state index is 12.9. The van der Waals surface area contributed by atoms with Gasteiger partial charge in [-0.25, -0.2) is 0 Å². The highest BCUT2D eigenvalue weighted by atomic mass is 19.4. The Morgan fingerprint density at radius 1 is 1.22 bits per heavy atom. The topological polar surface area (TPSA) is 41.1 Å². The first-order valence-corrected chi connectivity index (χ1v) is 7.97. The van der Waals surface area contributed by atoms with Crippen LogP contribution in [0.4, 0.5) is 18.9 Å². The van der Waals surface area contributed by atoms with Gasteiger partial charge in [-0.1, -0.05) is 13.0 Å². The number of carbonyl (C=O) groups excluding carboxylic acids is 1. The van der Waals surface area contributed by atoms with E-state index in [1.165, 1.54) is 13.0 Å². The first kappa shape index (κ1) is 17.6. The van der Waals surface area contributed by atoms with E-state index in [0.29, 0.717) is 11.6 Å². The fourth-order valence-electron chi connectivity index (χ4n) is 2.90. The van der Waals surface area contributed by atoms with Crippen molar-refractivity contribution < 1.29 is 18.0 Å². The number of hydrogen-bond donors (Lipinski definition) is 2. The van der Waals surface area contributed by atoms with Crippen molar-refractivity contribution in [1.82, 2.24) is 5.32 Å². The number of hydrogen-bond acceptors (Lipinski definition) is 2. The van der Waals surface area contributed by atoms with Crippen LogP contribution >= 0.6 is 0 Å². The standard InChI is InChI=1S/C17H23F3N2O/c1-11-3-6-13(7-4-11)22-16(23)10-21-14-8-5-12(2)15(9-14)17(18,19)20/h5,8-9,11,13,21H,3-4,6-7,10H2,1-2H3,(H,22,23). The predicted octanol–water partition coefficient (Wildman–Crippen LogP) is 4.12. The van der Waals surface area contributed by atoms with Gasteiger partial charge in [-0.15, -0.1) is 0 Å². The molecule has 1 aliphatic carbocycles. The van der Waals surface area contributed by atoms with Gasteiger partial charge >= 0.3 is 6.18 Å². The highest BCUT2D eigenvalue weighted by Gasteiger charge is 2.32. The van der Waals surface area contributed by atoms with Crippen LogP contribution < -0.4 is 10.6 Å². The van der Waals surface area contributed by atoms with Crippen molar-refractivity contribution in [2.24, 2.45) is 5.92 Å². The van der Waals surface area contributed by atoms with Crippen LogP contribution in [0.1, 0.15) is 43.7 Å². The summed E-state index contributed by atoms with van der Waals surface area (Å²) in [5.41, 5.74) is -0.205. The van der Waals surface area contributed by atoms with Gasteiger partial charge < -0.3 is 10.6 Å². The maximum Gasteiger partial charge on any atom is 0.416 e. The predicted molar refractivity (Wildman–Crippen MR) is 84.2 cm³/mol. The SMILES string of the molecule is Cc1ccc(NCC(=O)NC2CCC(C)CC2)cc1C(F)(F)F. The number of alkyl halides is 3. The summed E-state index contributed by atoms with van der Waals surface area (Å²) in [7, 11) is 0. The zero-order valence-electron chi connectivity index (χ0n) is 13.5. The lowest BCUT2D eigenvalue weighted by molar-refractivity contribution is -0.138. The molecule has 1 aromatic carbocycles. The Balaban J connectivity index is 1.87. The molecule has 128 valence electrons. The van der Waals surface area contributed by atoms with Crippen molar-refractivity contribution in [3.8, 4) is 0 Å². The third-order valence-electron chi connectivity index (χ3n) is 4.38. The lowest BCUT2D eigenvalue weighted by Gasteiger charge is -2.27. The Morgan fingerprint density at radius 2 is 1.87 bits per heavy atom. The van der Waals surface area contributed by atoms with E-state index in [0.717, 1.165) is 31.7 Å². The van der Waals surface area contributed by atoms with E-state index < -0.39 is 11.7 Å². The number of anilines is 1. The van der Waals surface area contributed by atoms with E-state index in [-0.39, 0.29) is 24.1 Å². The third-order valence-corrected chi connectivity index (χ3v) is 4.38. The van der Waals surface area contributed by atoms with Gasteiger partial charge in [-0.3, -0.25) is 4.79 Å². The Kier molecular flexibility index (Phi) is 5.55. The second-order valence-electron chi connectivity index (χ2n) is 6.41. The number of carbonyl (C=O) groups is 1. The molecule has 2 rings (SSSR count). The molecule has 1 aromatic rings. The average Bonchev–Trinajstić information content (AvgIpc) is 2.47. The van der Waals surface area contributed by atoms with E-state index in [4.69, 9.17) is 0 Å². The minimum absolute atomic E-state index is 0.0214. The van der Waals surface area contributed by atoms with Crippen molar-refractivity contribution in [3.05, 3.63) is 29.3 Å². The highest BCUT2D eigenvalue weighted by molar-refractivity contribution is 5.81. The van der Waals surface area contributed by atoms with Crippen molar-refractivity contribution in [3.63, 3.8) is 0 Å². The molecule has 0 aromatic heterocycles. The normalized spacial score (nSPS) is 21.8. The second-order valence-corrected chi connectivity index (χ2v) is 6.41. The molecule has 0 spiro atoms. The Morgan fingerprint density at radius 3 is 2.48 bits per heavy atom. The summed E-state index contributed by atoms with van der Waals surface area (Å²) < 4.78 is 38.6. The lowest BCUT2D eigenvalue weighted by Crippen LogP contribution is -2.40. The average molecular weight is 328 g/mol. The molecule has 0 heterocycles. The molecule has 0 atom stereocenters. The molecule has 2 N–H and O–H groups in total. The lowest BCUT2D eigenvalue weighted by atomic mass is 9.87.